The Hall–Kier alpha value is -0.740. The lowest BCUT2D eigenvalue weighted by Gasteiger charge is -1.56. The molecule has 0 unspecified atom stereocenters. The molecule has 0 aromatic heterocycles. The molecular formula is C8H20O4. The Morgan fingerprint density at radius 2 is 1.00 bits per heavy atom. The second kappa shape index (κ2) is 22.5. The molecule has 0 aromatic carbocycles. The Morgan fingerprint density at radius 3 is 1.00 bits per heavy atom. The normalized spacial score (nSPS) is 5.83. The van der Waals surface area contributed by atoms with E-state index in [1.807, 2.05) is 0 Å². The largest absolute Gasteiger partial charge is 0.412 e. The zero-order valence-corrected chi connectivity index (χ0v) is 8.47. The second-order valence-electron chi connectivity index (χ2n) is 2.13. The van der Waals surface area contributed by atoms with Gasteiger partial charge in [0.25, 0.3) is 0 Å². The molecule has 4 heteroatoms. The summed E-state index contributed by atoms with van der Waals surface area (Å²) in [6, 6.07) is 0. The van der Waals surface area contributed by atoms with Gasteiger partial charge in [-0.1, -0.05) is 0 Å². The van der Waals surface area contributed by atoms with E-state index in [1.54, 1.807) is 6.92 Å². The van der Waals surface area contributed by atoms with Crippen LogP contribution in [-0.4, -0.2) is 28.8 Å². The summed E-state index contributed by atoms with van der Waals surface area (Å²) >= 11 is 0. The van der Waals surface area contributed by atoms with Crippen molar-refractivity contribution in [1.29, 1.82) is 0 Å². The summed E-state index contributed by atoms with van der Waals surface area (Å²) in [5.41, 5.74) is 0. The first-order valence-electron chi connectivity index (χ1n) is 3.43. The van der Waals surface area contributed by atoms with Crippen molar-refractivity contribution in [1.82, 2.24) is 0 Å². The third-order valence-corrected chi connectivity index (χ3v) is 0. The van der Waals surface area contributed by atoms with Crippen LogP contribution < -0.4 is 0 Å². The van der Waals surface area contributed by atoms with Gasteiger partial charge in [-0.05, 0) is 34.6 Å². The van der Waals surface area contributed by atoms with E-state index in [0.29, 0.717) is 0 Å². The van der Waals surface area contributed by atoms with E-state index < -0.39 is 0 Å². The fraction of sp³-hybridized carbons (Fsp3) is 0.750. The van der Waals surface area contributed by atoms with Crippen LogP contribution in [0, 0.1) is 0 Å². The van der Waals surface area contributed by atoms with Crippen molar-refractivity contribution in [3.05, 3.63) is 0 Å². The molecule has 0 bridgehead atoms. The van der Waals surface area contributed by atoms with E-state index in [9.17, 15) is 9.59 Å². The van der Waals surface area contributed by atoms with Crippen molar-refractivity contribution in [2.75, 3.05) is 6.61 Å². The molecule has 0 atom stereocenters. The summed E-state index contributed by atoms with van der Waals surface area (Å²) < 4.78 is 0. The van der Waals surface area contributed by atoms with Crippen LogP contribution in [0.15, 0.2) is 0 Å². The van der Waals surface area contributed by atoms with Gasteiger partial charge >= 0.3 is 0 Å². The van der Waals surface area contributed by atoms with Gasteiger partial charge in [0.05, 0.1) is 0 Å². The molecule has 0 spiro atoms. The fourth-order valence-electron chi connectivity index (χ4n) is 0. The predicted octanol–water partition coefficient (Wildman–Crippen LogP) is 0.364. The van der Waals surface area contributed by atoms with Crippen LogP contribution in [0.1, 0.15) is 34.6 Å². The summed E-state index contributed by atoms with van der Waals surface area (Å²) in [7, 11) is 0. The molecule has 12 heavy (non-hydrogen) atoms. The first kappa shape index (κ1) is 22.5. The molecule has 0 rings (SSSR count). The maximum absolute atomic E-state index is 9.44. The van der Waals surface area contributed by atoms with Crippen molar-refractivity contribution in [3.8, 4) is 0 Å². The highest BCUT2D eigenvalue weighted by atomic mass is 16.2. The van der Waals surface area contributed by atoms with Crippen LogP contribution >= 0.6 is 0 Å². The number of carbonyl (C=O) groups is 2. The van der Waals surface area contributed by atoms with E-state index >= 15 is 0 Å². The Balaban J connectivity index is -0.0000000389. The van der Waals surface area contributed by atoms with Gasteiger partial charge in [-0.15, -0.1) is 0 Å². The van der Waals surface area contributed by atoms with E-state index in [2.05, 4.69) is 0 Å². The minimum Gasteiger partial charge on any atom is -0.412 e. The summed E-state index contributed by atoms with van der Waals surface area (Å²) in [6.07, 6.45) is 0. The Labute approximate surface area is 73.9 Å². The van der Waals surface area contributed by atoms with E-state index in [4.69, 9.17) is 5.11 Å². The van der Waals surface area contributed by atoms with Gasteiger partial charge in [-0.2, -0.15) is 0 Å². The van der Waals surface area contributed by atoms with E-state index in [0.717, 1.165) is 0 Å². The van der Waals surface area contributed by atoms with Crippen LogP contribution in [0.5, 0.6) is 0 Å². The standard InChI is InChI=1S/2C3H6O.C2H6O.H2O/c2*1-3(2)4;1-2-3;/h2*1-2H3;3H,2H2,1H3;1H2. The molecule has 0 radical (unpaired) electrons. The minimum atomic E-state index is 0. The monoisotopic (exact) mass is 180 g/mol. The number of Topliss-reactive ketones (excluding diaryl/α,β-unsaturated/α-hetero) is 2. The molecule has 0 aliphatic heterocycles. The number of hydrogen-bond acceptors (Lipinski definition) is 3. The van der Waals surface area contributed by atoms with Crippen LogP contribution in [0.25, 0.3) is 0 Å². The van der Waals surface area contributed by atoms with Gasteiger partial charge in [0.2, 0.25) is 0 Å². The number of carbonyl (C=O) groups excluding carboxylic acids is 2. The Kier molecular flexibility index (Phi) is 42.1. The highest BCUT2D eigenvalue weighted by molar-refractivity contribution is 5.72. The lowest BCUT2D eigenvalue weighted by molar-refractivity contribution is -0.115. The molecule has 3 N–H and O–H groups in total. The quantitative estimate of drug-likeness (QED) is 0.584. The van der Waals surface area contributed by atoms with Crippen molar-refractivity contribution >= 4 is 11.6 Å². The van der Waals surface area contributed by atoms with Crippen LogP contribution in [0.4, 0.5) is 0 Å². The molecular weight excluding hydrogens is 160 g/mol. The number of aliphatic hydroxyl groups is 1. The molecule has 0 aliphatic carbocycles. The van der Waals surface area contributed by atoms with Crippen molar-refractivity contribution in [3.63, 3.8) is 0 Å². The molecule has 0 heterocycles. The highest BCUT2D eigenvalue weighted by Gasteiger charge is 1.62. The minimum absolute atomic E-state index is 0. The lowest BCUT2D eigenvalue weighted by atomic mass is 10.6. The summed E-state index contributed by atoms with van der Waals surface area (Å²) in [6.45, 7) is 8.04. The predicted molar refractivity (Wildman–Crippen MR) is 49.1 cm³/mol. The van der Waals surface area contributed by atoms with Gasteiger partial charge in [-0.25, -0.2) is 0 Å². The average molecular weight is 180 g/mol. The summed E-state index contributed by atoms with van der Waals surface area (Å²) in [5, 5.41) is 7.57. The van der Waals surface area contributed by atoms with Crippen LogP contribution in [-0.2, 0) is 9.59 Å². The maximum Gasteiger partial charge on any atom is 0.126 e. The molecule has 0 aliphatic rings. The van der Waals surface area contributed by atoms with Crippen molar-refractivity contribution < 1.29 is 20.2 Å². The molecule has 0 aromatic rings. The summed E-state index contributed by atoms with van der Waals surface area (Å²) in [5.74, 6) is 0.333. The van der Waals surface area contributed by atoms with Gasteiger partial charge in [0, 0.05) is 6.61 Å². The Bertz CT molecular complexity index is 79.2. The third-order valence-electron chi connectivity index (χ3n) is 0. The molecule has 0 saturated carbocycles. The smallest absolute Gasteiger partial charge is 0.126 e. The lowest BCUT2D eigenvalue weighted by Crippen LogP contribution is -1.69. The molecule has 0 amide bonds. The summed E-state index contributed by atoms with van der Waals surface area (Å²) in [4.78, 5) is 18.9. The van der Waals surface area contributed by atoms with E-state index in [-0.39, 0.29) is 23.6 Å². The highest BCUT2D eigenvalue weighted by Crippen LogP contribution is 1.50. The molecule has 76 valence electrons. The zero-order chi connectivity index (χ0) is 9.86. The molecule has 0 fully saturated rings. The Morgan fingerprint density at radius 1 is 1.00 bits per heavy atom. The number of hydrogen-bond donors (Lipinski definition) is 1. The van der Waals surface area contributed by atoms with Crippen LogP contribution in [0.2, 0.25) is 0 Å². The fourth-order valence-corrected chi connectivity index (χ4v) is 0. The van der Waals surface area contributed by atoms with Gasteiger partial charge < -0.3 is 20.2 Å². The zero-order valence-electron chi connectivity index (χ0n) is 8.47. The maximum atomic E-state index is 9.44. The van der Waals surface area contributed by atoms with E-state index in [1.165, 1.54) is 27.7 Å². The SMILES string of the molecule is CC(C)=O.CC(C)=O.CCO.O. The second-order valence-corrected chi connectivity index (χ2v) is 2.13. The molecule has 4 nitrogen and oxygen atoms in total. The van der Waals surface area contributed by atoms with Gasteiger partial charge in [0.1, 0.15) is 11.6 Å². The molecule has 0 saturated heterocycles. The van der Waals surface area contributed by atoms with Crippen molar-refractivity contribution in [2.24, 2.45) is 0 Å². The van der Waals surface area contributed by atoms with Crippen LogP contribution in [0.3, 0.4) is 0 Å². The first-order chi connectivity index (χ1) is 4.88. The van der Waals surface area contributed by atoms with Gasteiger partial charge in [0.15, 0.2) is 0 Å². The first-order valence-corrected chi connectivity index (χ1v) is 3.43. The van der Waals surface area contributed by atoms with Gasteiger partial charge in [-0.3, -0.25) is 0 Å². The topological polar surface area (TPSA) is 85.9 Å². The number of ketones is 2. The van der Waals surface area contributed by atoms with Crippen molar-refractivity contribution in [2.45, 2.75) is 34.6 Å². The average Bonchev–Trinajstić information content (AvgIpc) is 1.60. The number of rotatable bonds is 0. The third kappa shape index (κ3) is 1150. The number of aliphatic hydroxyl groups excluding tert-OH is 1.